The van der Waals surface area contributed by atoms with Gasteiger partial charge in [0.2, 0.25) is 5.91 Å². The van der Waals surface area contributed by atoms with Crippen molar-refractivity contribution in [3.63, 3.8) is 0 Å². The number of hydrogen-bond donors (Lipinski definition) is 1. The van der Waals surface area contributed by atoms with Crippen LogP contribution in [0.5, 0.6) is 0 Å². The zero-order chi connectivity index (χ0) is 17.1. The number of amides is 2. The number of nitrogens with one attached hydrogen (secondary N) is 1. The van der Waals surface area contributed by atoms with Crippen molar-refractivity contribution in [2.75, 3.05) is 13.1 Å². The van der Waals surface area contributed by atoms with E-state index in [2.05, 4.69) is 10.3 Å². The number of furan rings is 1. The number of carbonyl (C=O) groups excluding carboxylic acids is 2. The normalized spacial score (nSPS) is 15.7. The third-order valence-electron chi connectivity index (χ3n) is 4.10. The van der Waals surface area contributed by atoms with Crippen molar-refractivity contribution in [2.24, 2.45) is 5.92 Å². The van der Waals surface area contributed by atoms with E-state index >= 15 is 0 Å². The molecule has 1 fully saturated rings. The van der Waals surface area contributed by atoms with Crippen molar-refractivity contribution in [3.05, 3.63) is 29.5 Å². The SMILES string of the molecule is CC(C)C(=O)N1CCC(NC(=O)c2csc(-c3ccco3)n2)CC1. The average molecular weight is 347 g/mol. The van der Waals surface area contributed by atoms with E-state index < -0.39 is 0 Å². The van der Waals surface area contributed by atoms with Crippen LogP contribution in [-0.2, 0) is 4.79 Å². The minimum atomic E-state index is -0.169. The van der Waals surface area contributed by atoms with E-state index in [1.807, 2.05) is 24.8 Å². The molecule has 1 aliphatic heterocycles. The molecule has 0 spiro atoms. The smallest absolute Gasteiger partial charge is 0.270 e. The summed E-state index contributed by atoms with van der Waals surface area (Å²) in [5.41, 5.74) is 0.409. The van der Waals surface area contributed by atoms with Gasteiger partial charge < -0.3 is 14.6 Å². The number of nitrogens with zero attached hydrogens (tertiary/aromatic N) is 2. The Morgan fingerprint density at radius 2 is 2.12 bits per heavy atom. The molecule has 24 heavy (non-hydrogen) atoms. The lowest BCUT2D eigenvalue weighted by Crippen LogP contribution is -2.47. The Bertz CT molecular complexity index is 700. The highest BCUT2D eigenvalue weighted by atomic mass is 32.1. The van der Waals surface area contributed by atoms with Crippen LogP contribution in [0.1, 0.15) is 37.2 Å². The quantitative estimate of drug-likeness (QED) is 0.923. The molecular formula is C17H21N3O3S. The molecule has 2 aromatic rings. The van der Waals surface area contributed by atoms with Crippen molar-refractivity contribution in [1.29, 1.82) is 0 Å². The van der Waals surface area contributed by atoms with Gasteiger partial charge in [-0.2, -0.15) is 0 Å². The van der Waals surface area contributed by atoms with Gasteiger partial charge in [-0.05, 0) is 25.0 Å². The summed E-state index contributed by atoms with van der Waals surface area (Å²) >= 11 is 1.39. The lowest BCUT2D eigenvalue weighted by Gasteiger charge is -2.33. The monoisotopic (exact) mass is 347 g/mol. The first-order valence-corrected chi connectivity index (χ1v) is 9.01. The standard InChI is InChI=1S/C17H21N3O3S/c1-11(2)17(22)20-7-5-12(6-8-20)18-15(21)13-10-24-16(19-13)14-4-3-9-23-14/h3-4,9-12H,5-8H2,1-2H3,(H,18,21). The molecule has 6 nitrogen and oxygen atoms in total. The fourth-order valence-corrected chi connectivity index (χ4v) is 3.53. The highest BCUT2D eigenvalue weighted by Crippen LogP contribution is 2.24. The van der Waals surface area contributed by atoms with Gasteiger partial charge in [0, 0.05) is 30.4 Å². The maximum atomic E-state index is 12.3. The Morgan fingerprint density at radius 3 is 2.75 bits per heavy atom. The maximum absolute atomic E-state index is 12.3. The van der Waals surface area contributed by atoms with E-state index in [1.165, 1.54) is 11.3 Å². The molecule has 0 radical (unpaired) electrons. The molecule has 3 rings (SSSR count). The number of thiazole rings is 1. The number of hydrogen-bond acceptors (Lipinski definition) is 5. The average Bonchev–Trinajstić information content (AvgIpc) is 3.26. The summed E-state index contributed by atoms with van der Waals surface area (Å²) in [5, 5.41) is 5.46. The summed E-state index contributed by atoms with van der Waals surface area (Å²) in [5.74, 6) is 0.700. The Kier molecular flexibility index (Phi) is 4.99. The molecule has 0 bridgehead atoms. The summed E-state index contributed by atoms with van der Waals surface area (Å²) in [7, 11) is 0. The first kappa shape index (κ1) is 16.7. The molecule has 1 N–H and O–H groups in total. The van der Waals surface area contributed by atoms with Crippen molar-refractivity contribution in [2.45, 2.75) is 32.7 Å². The van der Waals surface area contributed by atoms with Crippen LogP contribution in [0, 0.1) is 5.92 Å². The largest absolute Gasteiger partial charge is 0.462 e. The van der Waals surface area contributed by atoms with E-state index in [9.17, 15) is 9.59 Å². The summed E-state index contributed by atoms with van der Waals surface area (Å²) < 4.78 is 5.29. The van der Waals surface area contributed by atoms with Gasteiger partial charge in [-0.15, -0.1) is 11.3 Å². The second kappa shape index (κ2) is 7.17. The summed E-state index contributed by atoms with van der Waals surface area (Å²) in [6.45, 7) is 5.21. The highest BCUT2D eigenvalue weighted by molar-refractivity contribution is 7.13. The van der Waals surface area contributed by atoms with Gasteiger partial charge in [0.05, 0.1) is 6.26 Å². The van der Waals surface area contributed by atoms with Gasteiger partial charge in [-0.1, -0.05) is 13.8 Å². The van der Waals surface area contributed by atoms with E-state index in [-0.39, 0.29) is 23.8 Å². The van der Waals surface area contributed by atoms with Crippen LogP contribution in [0.4, 0.5) is 0 Å². The second-order valence-electron chi connectivity index (χ2n) is 6.24. The van der Waals surface area contributed by atoms with E-state index in [4.69, 9.17) is 4.42 Å². The Hall–Kier alpha value is -2.15. The molecule has 2 aromatic heterocycles. The molecule has 0 aliphatic carbocycles. The third kappa shape index (κ3) is 3.67. The van der Waals surface area contributed by atoms with Gasteiger partial charge in [0.1, 0.15) is 5.69 Å². The molecule has 1 aliphatic rings. The predicted octanol–water partition coefficient (Wildman–Crippen LogP) is 2.78. The van der Waals surface area contributed by atoms with Crippen LogP contribution in [-0.4, -0.2) is 40.8 Å². The molecular weight excluding hydrogens is 326 g/mol. The van der Waals surface area contributed by atoms with Crippen molar-refractivity contribution in [3.8, 4) is 10.8 Å². The second-order valence-corrected chi connectivity index (χ2v) is 7.10. The van der Waals surface area contributed by atoms with Gasteiger partial charge in [-0.3, -0.25) is 9.59 Å². The lowest BCUT2D eigenvalue weighted by molar-refractivity contribution is -0.135. The molecule has 0 saturated carbocycles. The number of aromatic nitrogens is 1. The summed E-state index contributed by atoms with van der Waals surface area (Å²) in [4.78, 5) is 30.5. The fraction of sp³-hybridized carbons (Fsp3) is 0.471. The van der Waals surface area contributed by atoms with Gasteiger partial charge >= 0.3 is 0 Å². The summed E-state index contributed by atoms with van der Waals surface area (Å²) in [6.07, 6.45) is 3.14. The highest BCUT2D eigenvalue weighted by Gasteiger charge is 2.26. The van der Waals surface area contributed by atoms with Gasteiger partial charge in [0.25, 0.3) is 5.91 Å². The van der Waals surface area contributed by atoms with Crippen LogP contribution < -0.4 is 5.32 Å². The molecule has 3 heterocycles. The van der Waals surface area contributed by atoms with Crippen LogP contribution >= 0.6 is 11.3 Å². The Labute approximate surface area is 144 Å². The zero-order valence-electron chi connectivity index (χ0n) is 13.8. The number of carbonyl (C=O) groups is 2. The number of likely N-dealkylation sites (tertiary alicyclic amines) is 1. The van der Waals surface area contributed by atoms with Crippen LogP contribution in [0.25, 0.3) is 10.8 Å². The Balaban J connectivity index is 1.54. The number of rotatable bonds is 4. The van der Waals surface area contributed by atoms with Crippen LogP contribution in [0.15, 0.2) is 28.2 Å². The summed E-state index contributed by atoms with van der Waals surface area (Å²) in [6, 6.07) is 3.70. The maximum Gasteiger partial charge on any atom is 0.270 e. The van der Waals surface area contributed by atoms with E-state index in [1.54, 1.807) is 17.7 Å². The predicted molar refractivity (Wildman–Crippen MR) is 91.7 cm³/mol. The molecule has 0 unspecified atom stereocenters. The van der Waals surface area contributed by atoms with Gasteiger partial charge in [0.15, 0.2) is 10.8 Å². The molecule has 0 aromatic carbocycles. The minimum absolute atomic E-state index is 0.0196. The topological polar surface area (TPSA) is 75.4 Å². The van der Waals surface area contributed by atoms with Crippen LogP contribution in [0.3, 0.4) is 0 Å². The molecule has 0 atom stereocenters. The van der Waals surface area contributed by atoms with Crippen LogP contribution in [0.2, 0.25) is 0 Å². The first-order chi connectivity index (χ1) is 11.5. The van der Waals surface area contributed by atoms with Crippen molar-refractivity contribution >= 4 is 23.2 Å². The van der Waals surface area contributed by atoms with E-state index in [0.29, 0.717) is 29.6 Å². The Morgan fingerprint density at radius 1 is 1.38 bits per heavy atom. The molecule has 1 saturated heterocycles. The minimum Gasteiger partial charge on any atom is -0.462 e. The number of piperidine rings is 1. The third-order valence-corrected chi connectivity index (χ3v) is 4.96. The molecule has 2 amide bonds. The molecule has 128 valence electrons. The zero-order valence-corrected chi connectivity index (χ0v) is 14.6. The molecule has 7 heteroatoms. The fourth-order valence-electron chi connectivity index (χ4n) is 2.76. The van der Waals surface area contributed by atoms with Gasteiger partial charge in [-0.25, -0.2) is 4.98 Å². The van der Waals surface area contributed by atoms with Crippen molar-refractivity contribution in [1.82, 2.24) is 15.2 Å². The first-order valence-electron chi connectivity index (χ1n) is 8.13. The van der Waals surface area contributed by atoms with E-state index in [0.717, 1.165) is 12.8 Å². The van der Waals surface area contributed by atoms with Crippen molar-refractivity contribution < 1.29 is 14.0 Å². The lowest BCUT2D eigenvalue weighted by atomic mass is 10.0.